The van der Waals surface area contributed by atoms with E-state index in [0.29, 0.717) is 6.54 Å². The second-order valence-corrected chi connectivity index (χ2v) is 5.83. The minimum atomic E-state index is -0.587. The fourth-order valence-corrected chi connectivity index (χ4v) is 2.91. The van der Waals surface area contributed by atoms with Gasteiger partial charge < -0.3 is 10.4 Å². The van der Waals surface area contributed by atoms with Crippen LogP contribution in [0, 0.1) is 16.0 Å². The van der Waals surface area contributed by atoms with Crippen LogP contribution in [0.2, 0.25) is 0 Å². The van der Waals surface area contributed by atoms with Crippen LogP contribution in [-0.2, 0) is 6.54 Å². The first-order chi connectivity index (χ1) is 10.1. The fraction of sp³-hybridized carbons (Fsp3) is 0.786. The predicted octanol–water partition coefficient (Wildman–Crippen LogP) is 1.71. The molecule has 0 aliphatic heterocycles. The van der Waals surface area contributed by atoms with Crippen LogP contribution < -0.4 is 5.32 Å². The van der Waals surface area contributed by atoms with Crippen molar-refractivity contribution in [2.75, 3.05) is 13.1 Å². The van der Waals surface area contributed by atoms with Crippen molar-refractivity contribution in [2.45, 2.75) is 51.2 Å². The smallest absolute Gasteiger partial charge is 0.306 e. The lowest BCUT2D eigenvalue weighted by molar-refractivity contribution is -0.385. The van der Waals surface area contributed by atoms with Gasteiger partial charge in [-0.1, -0.05) is 25.7 Å². The Bertz CT molecular complexity index is 443. The van der Waals surface area contributed by atoms with E-state index in [9.17, 15) is 15.2 Å². The summed E-state index contributed by atoms with van der Waals surface area (Å²) in [6, 6.07) is 0. The summed E-state index contributed by atoms with van der Waals surface area (Å²) in [5.41, 5.74) is -0.0493. The maximum Gasteiger partial charge on any atom is 0.306 e. The Hall–Kier alpha value is -1.47. The number of nitro groups is 1. The average molecular weight is 296 g/mol. The largest absolute Gasteiger partial charge is 0.390 e. The monoisotopic (exact) mass is 296 g/mol. The highest BCUT2D eigenvalue weighted by atomic mass is 16.6. The number of nitrogens with one attached hydrogen (secondary N) is 1. The van der Waals surface area contributed by atoms with E-state index < -0.39 is 11.0 Å². The summed E-state index contributed by atoms with van der Waals surface area (Å²) in [7, 11) is 0. The van der Waals surface area contributed by atoms with Crippen molar-refractivity contribution in [1.29, 1.82) is 0 Å². The van der Waals surface area contributed by atoms with Crippen molar-refractivity contribution in [2.24, 2.45) is 5.92 Å². The Labute approximate surface area is 124 Å². The molecule has 2 rings (SSSR count). The second kappa shape index (κ2) is 8.09. The van der Waals surface area contributed by atoms with Crippen molar-refractivity contribution >= 4 is 5.69 Å². The zero-order chi connectivity index (χ0) is 15.1. The lowest BCUT2D eigenvalue weighted by Crippen LogP contribution is -2.31. The van der Waals surface area contributed by atoms with Crippen molar-refractivity contribution < 1.29 is 10.0 Å². The summed E-state index contributed by atoms with van der Waals surface area (Å²) in [5, 5.41) is 27.5. The standard InChI is InChI=1S/C14H24N4O3/c19-14(11-17-10-13(8-16-17)18(20)21)9-15-7-3-6-12-4-1-2-5-12/h8,10,12,14-15,19H,1-7,9,11H2. The Morgan fingerprint density at radius 2 is 2.29 bits per heavy atom. The van der Waals surface area contributed by atoms with Crippen LogP contribution >= 0.6 is 0 Å². The molecule has 0 bridgehead atoms. The first kappa shape index (κ1) is 15.9. The van der Waals surface area contributed by atoms with Crippen LogP contribution in [0.4, 0.5) is 5.69 Å². The second-order valence-electron chi connectivity index (χ2n) is 5.83. The molecule has 1 aliphatic carbocycles. The molecule has 1 atom stereocenters. The summed E-state index contributed by atoms with van der Waals surface area (Å²) in [4.78, 5) is 10.0. The van der Waals surface area contributed by atoms with Crippen LogP contribution in [0.3, 0.4) is 0 Å². The number of rotatable bonds is 9. The van der Waals surface area contributed by atoms with Crippen LogP contribution in [0.1, 0.15) is 38.5 Å². The summed E-state index contributed by atoms with van der Waals surface area (Å²) in [6.07, 6.45) is 9.88. The topological polar surface area (TPSA) is 93.2 Å². The van der Waals surface area contributed by atoms with E-state index in [1.165, 1.54) is 49.2 Å². The van der Waals surface area contributed by atoms with Crippen molar-refractivity contribution in [1.82, 2.24) is 15.1 Å². The average Bonchev–Trinajstić information content (AvgIpc) is 3.09. The normalized spacial score (nSPS) is 17.2. The zero-order valence-corrected chi connectivity index (χ0v) is 12.3. The van der Waals surface area contributed by atoms with Gasteiger partial charge in [0.25, 0.3) is 0 Å². The van der Waals surface area contributed by atoms with Gasteiger partial charge >= 0.3 is 5.69 Å². The van der Waals surface area contributed by atoms with Gasteiger partial charge in [0.2, 0.25) is 0 Å². The molecule has 1 fully saturated rings. The molecule has 0 radical (unpaired) electrons. The molecule has 1 aromatic heterocycles. The third kappa shape index (κ3) is 5.43. The minimum Gasteiger partial charge on any atom is -0.390 e. The van der Waals surface area contributed by atoms with Gasteiger partial charge in [0.1, 0.15) is 12.4 Å². The Morgan fingerprint density at radius 1 is 1.52 bits per heavy atom. The first-order valence-corrected chi connectivity index (χ1v) is 7.71. The van der Waals surface area contributed by atoms with E-state index >= 15 is 0 Å². The van der Waals surface area contributed by atoms with Crippen LogP contribution in [0.15, 0.2) is 12.4 Å². The first-order valence-electron chi connectivity index (χ1n) is 7.71. The van der Waals surface area contributed by atoms with Crippen molar-refractivity contribution in [3.8, 4) is 0 Å². The van der Waals surface area contributed by atoms with Gasteiger partial charge in [-0.05, 0) is 25.3 Å². The number of nitrogens with zero attached hydrogens (tertiary/aromatic N) is 3. The molecular formula is C14H24N4O3. The van der Waals surface area contributed by atoms with Crippen LogP contribution in [-0.4, -0.2) is 39.0 Å². The molecule has 118 valence electrons. The molecule has 1 aromatic rings. The molecule has 1 heterocycles. The van der Waals surface area contributed by atoms with Gasteiger partial charge in [0, 0.05) is 6.54 Å². The fourth-order valence-electron chi connectivity index (χ4n) is 2.91. The van der Waals surface area contributed by atoms with Gasteiger partial charge in [0.05, 0.1) is 17.6 Å². The third-order valence-electron chi connectivity index (χ3n) is 4.05. The molecule has 2 N–H and O–H groups in total. The molecule has 1 unspecified atom stereocenters. The molecule has 1 aliphatic rings. The van der Waals surface area contributed by atoms with Crippen LogP contribution in [0.5, 0.6) is 0 Å². The lowest BCUT2D eigenvalue weighted by atomic mass is 10.0. The summed E-state index contributed by atoms with van der Waals surface area (Å²) >= 11 is 0. The summed E-state index contributed by atoms with van der Waals surface area (Å²) in [5.74, 6) is 0.904. The van der Waals surface area contributed by atoms with Gasteiger partial charge in [-0.3, -0.25) is 14.8 Å². The molecular weight excluding hydrogens is 272 g/mol. The van der Waals surface area contributed by atoms with Crippen LogP contribution in [0.25, 0.3) is 0 Å². The van der Waals surface area contributed by atoms with E-state index in [2.05, 4.69) is 10.4 Å². The highest BCUT2D eigenvalue weighted by Crippen LogP contribution is 2.28. The molecule has 21 heavy (non-hydrogen) atoms. The third-order valence-corrected chi connectivity index (χ3v) is 4.05. The molecule has 1 saturated carbocycles. The molecule has 0 aromatic carbocycles. The summed E-state index contributed by atoms with van der Waals surface area (Å²) in [6.45, 7) is 1.66. The lowest BCUT2D eigenvalue weighted by Gasteiger charge is -2.13. The van der Waals surface area contributed by atoms with E-state index in [-0.39, 0.29) is 12.2 Å². The number of hydrogen-bond donors (Lipinski definition) is 2. The quantitative estimate of drug-likeness (QED) is 0.411. The van der Waals surface area contributed by atoms with Gasteiger partial charge in [-0.25, -0.2) is 0 Å². The maximum atomic E-state index is 10.5. The van der Waals surface area contributed by atoms with Crippen molar-refractivity contribution in [3.05, 3.63) is 22.5 Å². The highest BCUT2D eigenvalue weighted by molar-refractivity contribution is 5.20. The number of aliphatic hydroxyl groups excluding tert-OH is 1. The Kier molecular flexibility index (Phi) is 6.13. The number of aliphatic hydroxyl groups is 1. The van der Waals surface area contributed by atoms with E-state index in [0.717, 1.165) is 18.9 Å². The number of aromatic nitrogens is 2. The molecule has 0 amide bonds. The Balaban J connectivity index is 1.56. The summed E-state index contributed by atoms with van der Waals surface area (Å²) < 4.78 is 1.41. The Morgan fingerprint density at radius 3 is 2.95 bits per heavy atom. The maximum absolute atomic E-state index is 10.5. The molecule has 0 saturated heterocycles. The van der Waals surface area contributed by atoms with Gasteiger partial charge in [-0.15, -0.1) is 0 Å². The zero-order valence-electron chi connectivity index (χ0n) is 12.3. The van der Waals surface area contributed by atoms with E-state index in [4.69, 9.17) is 0 Å². The molecule has 7 heteroatoms. The van der Waals surface area contributed by atoms with Gasteiger partial charge in [0.15, 0.2) is 0 Å². The van der Waals surface area contributed by atoms with Gasteiger partial charge in [-0.2, -0.15) is 5.10 Å². The minimum absolute atomic E-state index is 0.0493. The molecule has 7 nitrogen and oxygen atoms in total. The highest BCUT2D eigenvalue weighted by Gasteiger charge is 2.14. The van der Waals surface area contributed by atoms with Crippen molar-refractivity contribution in [3.63, 3.8) is 0 Å². The predicted molar refractivity (Wildman–Crippen MR) is 78.9 cm³/mol. The van der Waals surface area contributed by atoms with E-state index in [1.54, 1.807) is 0 Å². The number of hydrogen-bond acceptors (Lipinski definition) is 5. The SMILES string of the molecule is O=[N+]([O-])c1cnn(CC(O)CNCCCC2CCCC2)c1. The molecule has 0 spiro atoms. The van der Waals surface area contributed by atoms with E-state index in [1.807, 2.05) is 0 Å².